The fourth-order valence-corrected chi connectivity index (χ4v) is 4.11. The molecular formula is C18H20ClN3O4S. The Hall–Kier alpha value is -2.29. The van der Waals surface area contributed by atoms with Crippen molar-refractivity contribution in [2.45, 2.75) is 11.8 Å². The third kappa shape index (κ3) is 4.91. The number of hydrogen-bond donors (Lipinski definition) is 2. The molecule has 0 atom stereocenters. The van der Waals surface area contributed by atoms with E-state index in [-0.39, 0.29) is 15.8 Å². The highest BCUT2D eigenvalue weighted by Gasteiger charge is 2.17. The Kier molecular flexibility index (Phi) is 5.88. The summed E-state index contributed by atoms with van der Waals surface area (Å²) in [7, 11) is -3.80. The van der Waals surface area contributed by atoms with Crippen LogP contribution < -0.4 is 14.9 Å². The topological polar surface area (TPSA) is 87.7 Å². The molecule has 27 heavy (non-hydrogen) atoms. The van der Waals surface area contributed by atoms with Crippen molar-refractivity contribution in [1.29, 1.82) is 0 Å². The van der Waals surface area contributed by atoms with Gasteiger partial charge in [0.15, 0.2) is 0 Å². The molecule has 1 saturated heterocycles. The zero-order valence-corrected chi connectivity index (χ0v) is 16.3. The lowest BCUT2D eigenvalue weighted by Gasteiger charge is -2.28. The number of benzene rings is 2. The number of nitrogens with zero attached hydrogens (tertiary/aromatic N) is 1. The Bertz CT molecular complexity index is 926. The molecule has 0 spiro atoms. The van der Waals surface area contributed by atoms with E-state index in [1.165, 1.54) is 25.1 Å². The Morgan fingerprint density at radius 1 is 1.11 bits per heavy atom. The van der Waals surface area contributed by atoms with E-state index in [2.05, 4.69) is 14.9 Å². The van der Waals surface area contributed by atoms with Crippen LogP contribution in [0.3, 0.4) is 0 Å². The lowest BCUT2D eigenvalue weighted by Crippen LogP contribution is -2.36. The van der Waals surface area contributed by atoms with E-state index < -0.39 is 10.0 Å². The van der Waals surface area contributed by atoms with Crippen LogP contribution in [0.2, 0.25) is 5.02 Å². The Balaban J connectivity index is 1.74. The van der Waals surface area contributed by atoms with Gasteiger partial charge in [0.1, 0.15) is 0 Å². The van der Waals surface area contributed by atoms with Crippen molar-refractivity contribution in [1.82, 2.24) is 0 Å². The molecule has 144 valence electrons. The molecule has 0 radical (unpaired) electrons. The van der Waals surface area contributed by atoms with Crippen LogP contribution in [0.5, 0.6) is 0 Å². The molecule has 1 aliphatic heterocycles. The van der Waals surface area contributed by atoms with Gasteiger partial charge in [-0.15, -0.1) is 0 Å². The van der Waals surface area contributed by atoms with Crippen molar-refractivity contribution >= 4 is 44.6 Å². The number of halogens is 1. The normalized spacial score (nSPS) is 14.7. The third-order valence-corrected chi connectivity index (χ3v) is 5.75. The van der Waals surface area contributed by atoms with E-state index in [1.807, 2.05) is 12.1 Å². The standard InChI is InChI=1S/C18H20ClN3O4S/c1-13(23)20-18-7-6-16(12-17(18)19)27(24,25)21-14-2-4-15(5-3-14)22-8-10-26-11-9-22/h2-7,12,21H,8-11H2,1H3,(H,20,23). The zero-order chi connectivity index (χ0) is 19.4. The minimum atomic E-state index is -3.80. The van der Waals surface area contributed by atoms with Gasteiger partial charge in [-0.1, -0.05) is 11.6 Å². The Morgan fingerprint density at radius 3 is 2.37 bits per heavy atom. The molecule has 0 bridgehead atoms. The molecule has 2 N–H and O–H groups in total. The van der Waals surface area contributed by atoms with Gasteiger partial charge in [-0.3, -0.25) is 9.52 Å². The van der Waals surface area contributed by atoms with E-state index in [1.54, 1.807) is 12.1 Å². The van der Waals surface area contributed by atoms with Crippen LogP contribution in [0.4, 0.5) is 17.1 Å². The molecule has 0 aliphatic carbocycles. The molecular weight excluding hydrogens is 390 g/mol. The number of carbonyl (C=O) groups excluding carboxylic acids is 1. The van der Waals surface area contributed by atoms with Gasteiger partial charge in [0, 0.05) is 31.4 Å². The number of rotatable bonds is 5. The predicted octanol–water partition coefficient (Wildman–Crippen LogP) is 2.94. The minimum absolute atomic E-state index is 0.0128. The number of carbonyl (C=O) groups is 1. The number of amides is 1. The minimum Gasteiger partial charge on any atom is -0.378 e. The summed E-state index contributed by atoms with van der Waals surface area (Å²) in [4.78, 5) is 13.3. The average molecular weight is 410 g/mol. The SMILES string of the molecule is CC(=O)Nc1ccc(S(=O)(=O)Nc2ccc(N3CCOCC3)cc2)cc1Cl. The second kappa shape index (κ2) is 8.16. The van der Waals surface area contributed by atoms with Gasteiger partial charge in [-0.05, 0) is 42.5 Å². The molecule has 0 unspecified atom stereocenters. The summed E-state index contributed by atoms with van der Waals surface area (Å²) in [5.74, 6) is -0.286. The maximum atomic E-state index is 12.6. The molecule has 9 heteroatoms. The summed E-state index contributed by atoms with van der Waals surface area (Å²) in [5, 5.41) is 2.69. The van der Waals surface area contributed by atoms with Crippen LogP contribution in [0, 0.1) is 0 Å². The van der Waals surface area contributed by atoms with Crippen molar-refractivity contribution < 1.29 is 17.9 Å². The molecule has 3 rings (SSSR count). The van der Waals surface area contributed by atoms with E-state index in [0.29, 0.717) is 24.6 Å². The summed E-state index contributed by atoms with van der Waals surface area (Å²) in [6, 6.07) is 11.3. The summed E-state index contributed by atoms with van der Waals surface area (Å²) < 4.78 is 33.0. The predicted molar refractivity (Wildman–Crippen MR) is 106 cm³/mol. The van der Waals surface area contributed by atoms with E-state index in [0.717, 1.165) is 18.8 Å². The monoisotopic (exact) mass is 409 g/mol. The summed E-state index contributed by atoms with van der Waals surface area (Å²) in [6.45, 7) is 4.34. The summed E-state index contributed by atoms with van der Waals surface area (Å²) in [5.41, 5.74) is 1.83. The van der Waals surface area contributed by atoms with Crippen molar-refractivity contribution in [3.05, 3.63) is 47.5 Å². The van der Waals surface area contributed by atoms with Gasteiger partial charge >= 0.3 is 0 Å². The lowest BCUT2D eigenvalue weighted by molar-refractivity contribution is -0.114. The number of sulfonamides is 1. The summed E-state index contributed by atoms with van der Waals surface area (Å²) in [6.07, 6.45) is 0. The summed E-state index contributed by atoms with van der Waals surface area (Å²) >= 11 is 6.07. The van der Waals surface area contributed by atoms with Crippen LogP contribution in [0.15, 0.2) is 47.4 Å². The Labute approximate surface area is 163 Å². The molecule has 1 aliphatic rings. The molecule has 1 heterocycles. The quantitative estimate of drug-likeness (QED) is 0.792. The van der Waals surface area contributed by atoms with Gasteiger partial charge in [0.25, 0.3) is 10.0 Å². The first kappa shape index (κ1) is 19.5. The van der Waals surface area contributed by atoms with Gasteiger partial charge in [0.2, 0.25) is 5.91 Å². The van der Waals surface area contributed by atoms with Crippen LogP contribution in [-0.2, 0) is 19.6 Å². The van der Waals surface area contributed by atoms with Gasteiger partial charge in [-0.2, -0.15) is 0 Å². The van der Waals surface area contributed by atoms with Gasteiger partial charge in [0.05, 0.1) is 28.8 Å². The van der Waals surface area contributed by atoms with E-state index in [4.69, 9.17) is 16.3 Å². The highest BCUT2D eigenvalue weighted by atomic mass is 35.5. The smallest absolute Gasteiger partial charge is 0.261 e. The zero-order valence-electron chi connectivity index (χ0n) is 14.7. The van der Waals surface area contributed by atoms with Crippen LogP contribution in [0.1, 0.15) is 6.92 Å². The highest BCUT2D eigenvalue weighted by Crippen LogP contribution is 2.27. The fraction of sp³-hybridized carbons (Fsp3) is 0.278. The van der Waals surface area contributed by atoms with Crippen molar-refractivity contribution in [3.8, 4) is 0 Å². The second-order valence-corrected chi connectivity index (χ2v) is 8.16. The molecule has 0 aromatic heterocycles. The first-order chi connectivity index (χ1) is 12.8. The number of ether oxygens (including phenoxy) is 1. The molecule has 2 aromatic carbocycles. The molecule has 2 aromatic rings. The van der Waals surface area contributed by atoms with Crippen LogP contribution in [0.25, 0.3) is 0 Å². The third-order valence-electron chi connectivity index (χ3n) is 4.06. The molecule has 7 nitrogen and oxygen atoms in total. The van der Waals surface area contributed by atoms with E-state index >= 15 is 0 Å². The maximum Gasteiger partial charge on any atom is 0.261 e. The van der Waals surface area contributed by atoms with Crippen molar-refractivity contribution in [2.75, 3.05) is 41.2 Å². The Morgan fingerprint density at radius 2 is 1.78 bits per heavy atom. The van der Waals surface area contributed by atoms with Crippen molar-refractivity contribution in [2.24, 2.45) is 0 Å². The second-order valence-electron chi connectivity index (χ2n) is 6.07. The fourth-order valence-electron chi connectivity index (χ4n) is 2.73. The molecule has 1 fully saturated rings. The van der Waals surface area contributed by atoms with Gasteiger partial charge in [-0.25, -0.2) is 8.42 Å². The number of nitrogens with one attached hydrogen (secondary N) is 2. The van der Waals surface area contributed by atoms with Crippen LogP contribution >= 0.6 is 11.6 Å². The average Bonchev–Trinajstić information content (AvgIpc) is 2.64. The highest BCUT2D eigenvalue weighted by molar-refractivity contribution is 7.92. The molecule has 0 saturated carbocycles. The largest absolute Gasteiger partial charge is 0.378 e. The van der Waals surface area contributed by atoms with Crippen molar-refractivity contribution in [3.63, 3.8) is 0 Å². The first-order valence-corrected chi connectivity index (χ1v) is 10.2. The first-order valence-electron chi connectivity index (χ1n) is 8.38. The van der Waals surface area contributed by atoms with Gasteiger partial charge < -0.3 is 15.0 Å². The number of hydrogen-bond acceptors (Lipinski definition) is 5. The molecule has 1 amide bonds. The van der Waals surface area contributed by atoms with Crippen LogP contribution in [-0.4, -0.2) is 40.6 Å². The lowest BCUT2D eigenvalue weighted by atomic mass is 10.2. The number of morpholine rings is 1. The maximum absolute atomic E-state index is 12.6. The van der Waals surface area contributed by atoms with E-state index in [9.17, 15) is 13.2 Å². The number of anilines is 3.